The van der Waals surface area contributed by atoms with E-state index in [1.54, 1.807) is 18.2 Å². The summed E-state index contributed by atoms with van der Waals surface area (Å²) < 4.78 is 6.07. The molecule has 9 nitrogen and oxygen atoms in total. The van der Waals surface area contributed by atoms with Crippen molar-refractivity contribution in [3.8, 4) is 5.75 Å². The highest BCUT2D eigenvalue weighted by Gasteiger charge is 2.66. The van der Waals surface area contributed by atoms with Gasteiger partial charge in [-0.05, 0) is 48.4 Å². The third-order valence-electron chi connectivity index (χ3n) is 10.8. The van der Waals surface area contributed by atoms with Gasteiger partial charge in [0.25, 0.3) is 0 Å². The van der Waals surface area contributed by atoms with E-state index >= 15 is 4.79 Å². The van der Waals surface area contributed by atoms with Crippen LogP contribution < -0.4 is 4.74 Å². The van der Waals surface area contributed by atoms with Crippen LogP contribution in [0.25, 0.3) is 5.57 Å². The third-order valence-corrected chi connectivity index (χ3v) is 10.8. The predicted octanol–water partition coefficient (Wildman–Crippen LogP) is 4.75. The molecule has 6 atom stereocenters. The smallest absolute Gasteiger partial charge is 0.303 e. The predicted molar refractivity (Wildman–Crippen MR) is 179 cm³/mol. The largest absolute Gasteiger partial charge is 0.491 e. The van der Waals surface area contributed by atoms with Gasteiger partial charge < -0.3 is 14.9 Å². The van der Waals surface area contributed by atoms with Crippen LogP contribution in [0.1, 0.15) is 48.3 Å². The molecule has 0 radical (unpaired) electrons. The van der Waals surface area contributed by atoms with E-state index in [1.165, 1.54) is 11.0 Å². The van der Waals surface area contributed by atoms with Gasteiger partial charge in [0.1, 0.15) is 12.4 Å². The molecule has 6 unspecified atom stereocenters. The number of aliphatic carboxylic acids is 1. The highest BCUT2D eigenvalue weighted by atomic mass is 16.5. The molecule has 0 bridgehead atoms. The fourth-order valence-corrected chi connectivity index (χ4v) is 8.90. The summed E-state index contributed by atoms with van der Waals surface area (Å²) in [5, 5.41) is 18.9. The zero-order valence-corrected chi connectivity index (χ0v) is 26.9. The SMILES string of the molecule is O=C(O)CCCN1C(=O)C2CC=C3C(CC4C(=O)C(c5ccccc5)=CC(=O)C4(c4ccccc4)C3c3ccccc3OCCO)C2C1=O. The van der Waals surface area contributed by atoms with Gasteiger partial charge >= 0.3 is 5.97 Å². The van der Waals surface area contributed by atoms with Gasteiger partial charge in [-0.15, -0.1) is 0 Å². The van der Waals surface area contributed by atoms with E-state index in [0.29, 0.717) is 28.0 Å². The van der Waals surface area contributed by atoms with Crippen molar-refractivity contribution in [2.24, 2.45) is 23.7 Å². The van der Waals surface area contributed by atoms with Crippen molar-refractivity contribution in [3.05, 3.63) is 119 Å². The van der Waals surface area contributed by atoms with E-state index in [-0.39, 0.29) is 68.8 Å². The van der Waals surface area contributed by atoms with Gasteiger partial charge in [0.15, 0.2) is 11.6 Å². The number of para-hydroxylation sites is 1. The van der Waals surface area contributed by atoms with Gasteiger partial charge in [-0.1, -0.05) is 90.5 Å². The van der Waals surface area contributed by atoms with Crippen molar-refractivity contribution in [3.63, 3.8) is 0 Å². The maximum Gasteiger partial charge on any atom is 0.303 e. The molecule has 1 heterocycles. The van der Waals surface area contributed by atoms with Crippen molar-refractivity contribution in [2.45, 2.75) is 37.0 Å². The highest BCUT2D eigenvalue weighted by molar-refractivity contribution is 6.31. The number of carbonyl (C=O) groups is 5. The maximum absolute atomic E-state index is 15.1. The number of carboxylic acid groups (broad SMARTS) is 1. The first-order valence-electron chi connectivity index (χ1n) is 16.8. The number of carboxylic acids is 1. The Hall–Kier alpha value is -5.15. The Morgan fingerprint density at radius 1 is 0.878 bits per heavy atom. The molecule has 49 heavy (non-hydrogen) atoms. The number of rotatable bonds is 10. The molecule has 0 spiro atoms. The first kappa shape index (κ1) is 32.4. The molecule has 2 fully saturated rings. The number of fused-ring (bicyclic) bond motifs is 4. The highest BCUT2D eigenvalue weighted by Crippen LogP contribution is 2.64. The summed E-state index contributed by atoms with van der Waals surface area (Å²) in [7, 11) is 0. The number of ether oxygens (including phenoxy) is 1. The molecule has 2 N–H and O–H groups in total. The Morgan fingerprint density at radius 3 is 2.29 bits per heavy atom. The Labute approximate surface area is 283 Å². The Balaban J connectivity index is 1.44. The van der Waals surface area contributed by atoms with Gasteiger partial charge in [0.2, 0.25) is 11.8 Å². The minimum absolute atomic E-state index is 0.00989. The second-order valence-electron chi connectivity index (χ2n) is 13.2. The lowest BCUT2D eigenvalue weighted by Gasteiger charge is -2.55. The molecule has 0 aromatic heterocycles. The number of ketones is 2. The van der Waals surface area contributed by atoms with Crippen LogP contribution in [-0.4, -0.2) is 64.2 Å². The van der Waals surface area contributed by atoms with E-state index in [9.17, 15) is 29.4 Å². The molecule has 3 aromatic rings. The van der Waals surface area contributed by atoms with Gasteiger partial charge in [-0.2, -0.15) is 0 Å². The number of aliphatic hydroxyl groups is 1. The van der Waals surface area contributed by atoms with Crippen LogP contribution in [0.15, 0.2) is 103 Å². The monoisotopic (exact) mass is 659 g/mol. The van der Waals surface area contributed by atoms with Gasteiger partial charge in [-0.25, -0.2) is 0 Å². The summed E-state index contributed by atoms with van der Waals surface area (Å²) in [6.45, 7) is -0.201. The summed E-state index contributed by atoms with van der Waals surface area (Å²) in [5.74, 6) is -5.21. The number of aliphatic hydroxyl groups excluding tert-OH is 1. The number of imide groups is 1. The number of hydrogen-bond acceptors (Lipinski definition) is 7. The minimum atomic E-state index is -1.39. The van der Waals surface area contributed by atoms with Crippen molar-refractivity contribution in [1.29, 1.82) is 0 Å². The Kier molecular flexibility index (Phi) is 8.63. The maximum atomic E-state index is 15.1. The van der Waals surface area contributed by atoms with Gasteiger partial charge in [0.05, 0.1) is 23.9 Å². The average molecular weight is 660 g/mol. The van der Waals surface area contributed by atoms with E-state index in [4.69, 9.17) is 4.74 Å². The molecular formula is C40H37NO8. The summed E-state index contributed by atoms with van der Waals surface area (Å²) >= 11 is 0. The van der Waals surface area contributed by atoms with Crippen LogP contribution in [0, 0.1) is 23.7 Å². The minimum Gasteiger partial charge on any atom is -0.491 e. The second kappa shape index (κ2) is 13.0. The van der Waals surface area contributed by atoms with Crippen LogP contribution in [-0.2, 0) is 29.4 Å². The molecule has 250 valence electrons. The van der Waals surface area contributed by atoms with Crippen molar-refractivity contribution in [2.75, 3.05) is 19.8 Å². The van der Waals surface area contributed by atoms with E-state index < -0.39 is 41.0 Å². The van der Waals surface area contributed by atoms with Gasteiger partial charge in [-0.3, -0.25) is 28.9 Å². The van der Waals surface area contributed by atoms with Crippen molar-refractivity contribution < 1.29 is 38.9 Å². The van der Waals surface area contributed by atoms with E-state index in [2.05, 4.69) is 0 Å². The van der Waals surface area contributed by atoms with Crippen LogP contribution in [0.4, 0.5) is 0 Å². The molecular weight excluding hydrogens is 622 g/mol. The number of benzene rings is 3. The zero-order chi connectivity index (χ0) is 34.3. The lowest BCUT2D eigenvalue weighted by molar-refractivity contribution is -0.142. The number of likely N-dealkylation sites (tertiary alicyclic amines) is 1. The molecule has 3 aliphatic carbocycles. The van der Waals surface area contributed by atoms with Crippen LogP contribution in [0.2, 0.25) is 0 Å². The first-order chi connectivity index (χ1) is 23.8. The molecule has 1 saturated heterocycles. The van der Waals surface area contributed by atoms with Crippen LogP contribution in [0.3, 0.4) is 0 Å². The molecule has 9 heteroatoms. The molecule has 4 aliphatic rings. The molecule has 3 aromatic carbocycles. The third kappa shape index (κ3) is 5.24. The zero-order valence-electron chi connectivity index (χ0n) is 26.9. The molecule has 2 amide bonds. The fourth-order valence-electron chi connectivity index (χ4n) is 8.90. The topological polar surface area (TPSA) is 138 Å². The molecule has 1 aliphatic heterocycles. The summed E-state index contributed by atoms with van der Waals surface area (Å²) in [5.41, 5.74) is 1.70. The Morgan fingerprint density at radius 2 is 1.57 bits per heavy atom. The molecule has 1 saturated carbocycles. The number of nitrogens with zero attached hydrogens (tertiary/aromatic N) is 1. The second-order valence-corrected chi connectivity index (χ2v) is 13.2. The normalized spacial score (nSPS) is 27.5. The Bertz CT molecular complexity index is 1880. The van der Waals surface area contributed by atoms with Crippen molar-refractivity contribution >= 4 is 34.9 Å². The number of allylic oxidation sites excluding steroid dienone is 4. The van der Waals surface area contributed by atoms with Gasteiger partial charge in [0, 0.05) is 35.9 Å². The summed E-state index contributed by atoms with van der Waals surface area (Å²) in [6.07, 6.45) is 3.89. The number of Topliss-reactive ketones (excluding diaryl/α,β-unsaturated/α-hetero) is 1. The number of hydrogen-bond donors (Lipinski definition) is 2. The van der Waals surface area contributed by atoms with E-state index in [1.807, 2.05) is 72.8 Å². The van der Waals surface area contributed by atoms with E-state index in [0.717, 1.165) is 5.57 Å². The standard InChI is InChI=1S/C40H37NO8/c42-20-21-49-32-15-8-7-14-27(32)36-26-17-18-28-35(39(48)41(38(28)47)19-9-16-34(44)45)30(26)22-31-37(46)29(24-10-3-1-4-11-24)23-33(43)40(31,36)25-12-5-2-6-13-25/h1-8,10-15,17,23,28,30-31,35-36,42H,9,16,18-22H2,(H,44,45). The van der Waals surface area contributed by atoms with Crippen LogP contribution >= 0.6 is 0 Å². The lowest BCUT2D eigenvalue weighted by atomic mass is 9.44. The number of carbonyl (C=O) groups excluding carboxylic acids is 4. The fraction of sp³-hybridized carbons (Fsp3) is 0.325. The first-order valence-corrected chi connectivity index (χ1v) is 16.8. The van der Waals surface area contributed by atoms with Crippen LogP contribution in [0.5, 0.6) is 5.75 Å². The lowest BCUT2D eigenvalue weighted by Crippen LogP contribution is -2.58. The summed E-state index contributed by atoms with van der Waals surface area (Å²) in [4.78, 5) is 70.4. The quantitative estimate of drug-likeness (QED) is 0.235. The average Bonchev–Trinajstić information content (AvgIpc) is 3.37. The molecule has 7 rings (SSSR count). The van der Waals surface area contributed by atoms with Crippen molar-refractivity contribution in [1.82, 2.24) is 4.90 Å². The number of amides is 2. The summed E-state index contributed by atoms with van der Waals surface area (Å²) in [6, 6.07) is 25.7.